The minimum atomic E-state index is -0.990. The van der Waals surface area contributed by atoms with Crippen LogP contribution in [0.3, 0.4) is 0 Å². The summed E-state index contributed by atoms with van der Waals surface area (Å²) in [5.74, 6) is -2.52. The highest BCUT2D eigenvalue weighted by molar-refractivity contribution is 6.32. The number of ether oxygens (including phenoxy) is 2. The van der Waals surface area contributed by atoms with Crippen LogP contribution in [0.4, 0.5) is 20.2 Å². The van der Waals surface area contributed by atoms with Crippen LogP contribution in [0.5, 0.6) is 11.5 Å². The van der Waals surface area contributed by atoms with Crippen molar-refractivity contribution >= 4 is 34.8 Å². The number of amides is 2. The molecular weight excluding hydrogens is 382 g/mol. The highest BCUT2D eigenvalue weighted by Gasteiger charge is 2.20. The van der Waals surface area contributed by atoms with Crippen molar-refractivity contribution in [3.8, 4) is 11.5 Å². The van der Waals surface area contributed by atoms with Crippen LogP contribution in [0.25, 0.3) is 0 Å². The van der Waals surface area contributed by atoms with Gasteiger partial charge in [-0.25, -0.2) is 8.78 Å². The second-order valence-electron chi connectivity index (χ2n) is 5.78. The van der Waals surface area contributed by atoms with Crippen molar-refractivity contribution in [1.82, 2.24) is 0 Å². The maximum absolute atomic E-state index is 14.0. The Morgan fingerprint density at radius 3 is 2.37 bits per heavy atom. The van der Waals surface area contributed by atoms with E-state index in [4.69, 9.17) is 21.1 Å². The lowest BCUT2D eigenvalue weighted by molar-refractivity contribution is -0.114. The van der Waals surface area contributed by atoms with Crippen molar-refractivity contribution in [2.75, 3.05) is 23.8 Å². The summed E-state index contributed by atoms with van der Waals surface area (Å²) in [5.41, 5.74) is -0.446. The van der Waals surface area contributed by atoms with E-state index in [9.17, 15) is 18.4 Å². The monoisotopic (exact) mass is 396 g/mol. The van der Waals surface area contributed by atoms with Crippen LogP contribution < -0.4 is 20.1 Å². The van der Waals surface area contributed by atoms with Crippen LogP contribution in [-0.4, -0.2) is 25.0 Å². The van der Waals surface area contributed by atoms with E-state index in [1.807, 2.05) is 0 Å². The molecular formula is C18H15ClF2N2O4. The average molecular weight is 397 g/mol. The highest BCUT2D eigenvalue weighted by Crippen LogP contribution is 2.38. The number of benzene rings is 2. The Hall–Kier alpha value is -2.87. The van der Waals surface area contributed by atoms with Crippen molar-refractivity contribution in [3.63, 3.8) is 0 Å². The van der Waals surface area contributed by atoms with E-state index in [-0.39, 0.29) is 22.0 Å². The third-order valence-corrected chi connectivity index (χ3v) is 3.96. The molecule has 0 atom stereocenters. The van der Waals surface area contributed by atoms with Crippen molar-refractivity contribution < 1.29 is 27.8 Å². The Morgan fingerprint density at radius 1 is 1.00 bits per heavy atom. The van der Waals surface area contributed by atoms with Gasteiger partial charge in [-0.3, -0.25) is 9.59 Å². The van der Waals surface area contributed by atoms with Crippen LogP contribution >= 0.6 is 11.6 Å². The highest BCUT2D eigenvalue weighted by atomic mass is 35.5. The van der Waals surface area contributed by atoms with Crippen LogP contribution in [-0.2, 0) is 4.79 Å². The van der Waals surface area contributed by atoms with Crippen LogP contribution in [0, 0.1) is 11.6 Å². The molecule has 1 aliphatic rings. The maximum Gasteiger partial charge on any atom is 0.255 e. The second-order valence-corrected chi connectivity index (χ2v) is 6.19. The summed E-state index contributed by atoms with van der Waals surface area (Å²) in [6, 6.07) is 4.36. The third-order valence-electron chi connectivity index (χ3n) is 3.68. The predicted molar refractivity (Wildman–Crippen MR) is 95.7 cm³/mol. The summed E-state index contributed by atoms with van der Waals surface area (Å²) in [5, 5.41) is 4.73. The summed E-state index contributed by atoms with van der Waals surface area (Å²) in [6.07, 6.45) is 0.666. The molecule has 0 spiro atoms. The van der Waals surface area contributed by atoms with E-state index in [1.165, 1.54) is 19.1 Å². The predicted octanol–water partition coefficient (Wildman–Crippen LogP) is 3.99. The van der Waals surface area contributed by atoms with Gasteiger partial charge in [-0.05, 0) is 18.2 Å². The Morgan fingerprint density at radius 2 is 1.67 bits per heavy atom. The van der Waals surface area contributed by atoms with Crippen molar-refractivity contribution in [2.45, 2.75) is 13.3 Å². The van der Waals surface area contributed by atoms with Gasteiger partial charge >= 0.3 is 0 Å². The molecule has 1 heterocycles. The first kappa shape index (κ1) is 18.9. The molecule has 0 saturated carbocycles. The van der Waals surface area contributed by atoms with Crippen molar-refractivity contribution in [2.24, 2.45) is 0 Å². The van der Waals surface area contributed by atoms with Gasteiger partial charge in [-0.1, -0.05) is 11.6 Å². The lowest BCUT2D eigenvalue weighted by Crippen LogP contribution is -2.15. The maximum atomic E-state index is 14.0. The smallest absolute Gasteiger partial charge is 0.255 e. The fraction of sp³-hybridized carbons (Fsp3) is 0.222. The molecule has 6 nitrogen and oxygen atoms in total. The molecule has 3 rings (SSSR count). The molecule has 2 N–H and O–H groups in total. The summed E-state index contributed by atoms with van der Waals surface area (Å²) in [6.45, 7) is 2.02. The normalized spacial score (nSPS) is 12.9. The summed E-state index contributed by atoms with van der Waals surface area (Å²) >= 11 is 6.15. The molecule has 0 bridgehead atoms. The van der Waals surface area contributed by atoms with E-state index in [0.29, 0.717) is 37.2 Å². The van der Waals surface area contributed by atoms with E-state index in [2.05, 4.69) is 10.6 Å². The van der Waals surface area contributed by atoms with E-state index >= 15 is 0 Å². The molecule has 0 saturated heterocycles. The van der Waals surface area contributed by atoms with Gasteiger partial charge in [0.25, 0.3) is 5.91 Å². The standard InChI is InChI=1S/C18H15ClF2N2O4/c1-9(24)22-14-8-15(13(21)7-12(14)20)23-18(25)10-5-11(19)17-16(6-10)26-3-2-4-27-17/h5-8H,2-4H2,1H3,(H,22,24)(H,23,25). The minimum absolute atomic E-state index is 0.106. The van der Waals surface area contributed by atoms with Gasteiger partial charge in [0.1, 0.15) is 11.6 Å². The van der Waals surface area contributed by atoms with Crippen molar-refractivity contribution in [1.29, 1.82) is 0 Å². The zero-order valence-corrected chi connectivity index (χ0v) is 15.0. The Balaban J connectivity index is 1.88. The number of hydrogen-bond acceptors (Lipinski definition) is 4. The summed E-state index contributed by atoms with van der Waals surface area (Å²) in [7, 11) is 0. The molecule has 0 unspecified atom stereocenters. The molecule has 0 radical (unpaired) electrons. The molecule has 9 heteroatoms. The molecule has 0 aliphatic carbocycles. The first-order valence-electron chi connectivity index (χ1n) is 8.02. The zero-order valence-electron chi connectivity index (χ0n) is 14.2. The van der Waals surface area contributed by atoms with E-state index in [1.54, 1.807) is 0 Å². The number of nitrogens with one attached hydrogen (secondary N) is 2. The second kappa shape index (κ2) is 7.79. The Kier molecular flexibility index (Phi) is 5.46. The molecule has 142 valence electrons. The van der Waals surface area contributed by atoms with Gasteiger partial charge in [0.2, 0.25) is 5.91 Å². The Bertz CT molecular complexity index is 921. The van der Waals surface area contributed by atoms with Gasteiger partial charge in [0.15, 0.2) is 11.5 Å². The van der Waals surface area contributed by atoms with Gasteiger partial charge in [-0.2, -0.15) is 0 Å². The number of carbonyl (C=O) groups is 2. The minimum Gasteiger partial charge on any atom is -0.489 e. The van der Waals surface area contributed by atoms with E-state index in [0.717, 1.165) is 6.07 Å². The molecule has 1 aliphatic heterocycles. The Labute approximate surface area is 158 Å². The number of rotatable bonds is 3. The topological polar surface area (TPSA) is 76.7 Å². The lowest BCUT2D eigenvalue weighted by atomic mass is 10.1. The lowest BCUT2D eigenvalue weighted by Gasteiger charge is -2.13. The largest absolute Gasteiger partial charge is 0.489 e. The molecule has 0 fully saturated rings. The molecule has 0 aromatic heterocycles. The van der Waals surface area contributed by atoms with Crippen LogP contribution in [0.15, 0.2) is 24.3 Å². The number of anilines is 2. The average Bonchev–Trinajstić information content (AvgIpc) is 2.84. The SMILES string of the molecule is CC(=O)Nc1cc(NC(=O)c2cc(Cl)c3c(c2)OCCCO3)c(F)cc1F. The summed E-state index contributed by atoms with van der Waals surface area (Å²) in [4.78, 5) is 23.6. The fourth-order valence-electron chi connectivity index (χ4n) is 2.49. The van der Waals surface area contributed by atoms with Gasteiger partial charge in [0.05, 0.1) is 29.6 Å². The summed E-state index contributed by atoms with van der Waals surface area (Å²) < 4.78 is 38.7. The van der Waals surface area contributed by atoms with Gasteiger partial charge < -0.3 is 20.1 Å². The van der Waals surface area contributed by atoms with Gasteiger partial charge in [0, 0.05) is 25.0 Å². The van der Waals surface area contributed by atoms with Crippen molar-refractivity contribution in [3.05, 3.63) is 46.5 Å². The number of fused-ring (bicyclic) bond motifs is 1. The first-order valence-corrected chi connectivity index (χ1v) is 8.40. The molecule has 2 aromatic rings. The van der Waals surface area contributed by atoms with E-state index < -0.39 is 23.4 Å². The zero-order chi connectivity index (χ0) is 19.6. The third kappa shape index (κ3) is 4.28. The van der Waals surface area contributed by atoms with Crippen LogP contribution in [0.2, 0.25) is 5.02 Å². The van der Waals surface area contributed by atoms with Gasteiger partial charge in [-0.15, -0.1) is 0 Å². The molecule has 2 aromatic carbocycles. The molecule has 27 heavy (non-hydrogen) atoms. The number of carbonyl (C=O) groups excluding carboxylic acids is 2. The number of hydrogen-bond donors (Lipinski definition) is 2. The first-order chi connectivity index (χ1) is 12.8. The fourth-order valence-corrected chi connectivity index (χ4v) is 2.75. The quantitative estimate of drug-likeness (QED) is 0.822. The molecule has 2 amide bonds. The number of halogens is 3. The van der Waals surface area contributed by atoms with Crippen LogP contribution in [0.1, 0.15) is 23.7 Å².